The van der Waals surface area contributed by atoms with Crippen LogP contribution in [-0.4, -0.2) is 19.5 Å². The van der Waals surface area contributed by atoms with Gasteiger partial charge in [-0.05, 0) is 112 Å². The van der Waals surface area contributed by atoms with Crippen LogP contribution >= 0.6 is 0 Å². The average Bonchev–Trinajstić information content (AvgIpc) is 3.86. The van der Waals surface area contributed by atoms with Crippen LogP contribution in [0.5, 0.6) is 0 Å². The molecule has 0 saturated carbocycles. The van der Waals surface area contributed by atoms with Crippen LogP contribution in [0.1, 0.15) is 25.0 Å². The van der Waals surface area contributed by atoms with E-state index in [-0.39, 0.29) is 5.41 Å². The summed E-state index contributed by atoms with van der Waals surface area (Å²) in [6, 6.07) is 83.4. The van der Waals surface area contributed by atoms with E-state index < -0.39 is 0 Å². The molecule has 11 aromatic carbocycles. The van der Waals surface area contributed by atoms with Gasteiger partial charge in [-0.25, -0.2) is 4.98 Å². The first-order valence-corrected chi connectivity index (χ1v) is 24.1. The maximum absolute atomic E-state index is 5.46. The first-order valence-electron chi connectivity index (χ1n) is 24.1. The Morgan fingerprint density at radius 1 is 0.314 bits per heavy atom. The fraction of sp³-hybridized carbons (Fsp3) is 0.0455. The number of benzene rings is 11. The molecule has 4 nitrogen and oxygen atoms in total. The van der Waals surface area contributed by atoms with Crippen molar-refractivity contribution in [3.8, 4) is 73.2 Å². The Kier molecular flexibility index (Phi) is 8.90. The predicted octanol–water partition coefficient (Wildman–Crippen LogP) is 17.1. The lowest BCUT2D eigenvalue weighted by Gasteiger charge is -2.21. The third kappa shape index (κ3) is 6.13. The molecule has 0 atom stereocenters. The summed E-state index contributed by atoms with van der Waals surface area (Å²) in [6.07, 6.45) is 0. The number of aromatic nitrogens is 4. The van der Waals surface area contributed by atoms with Gasteiger partial charge in [0.05, 0.1) is 11.0 Å². The van der Waals surface area contributed by atoms with Crippen LogP contribution in [0.25, 0.3) is 127 Å². The third-order valence-corrected chi connectivity index (χ3v) is 14.9. The molecule has 1 aliphatic rings. The molecule has 0 fully saturated rings. The zero-order valence-electron chi connectivity index (χ0n) is 38.7. The number of hydrogen-bond acceptors (Lipinski definition) is 3. The van der Waals surface area contributed by atoms with E-state index in [9.17, 15) is 0 Å². The van der Waals surface area contributed by atoms with Crippen molar-refractivity contribution < 1.29 is 0 Å². The van der Waals surface area contributed by atoms with Crippen LogP contribution in [-0.2, 0) is 5.41 Å². The Bertz CT molecular complexity index is 4260. The molecule has 0 saturated heterocycles. The standard InChI is InChI=1S/C66H44N4/c1-66(2)58-34-12-10-28-52(58)56-39-57-53-29-11-13-35-60(53)70(61(57)40-59(56)66)65-68-63(43-20-4-3-5-21-43)67-64(69-65)45-25-14-24-44(38-45)48-30-17-33-54-51(49-31-15-22-41-18-6-8-26-46(41)49)36-37-55(62(48)54)50-32-16-23-42-19-7-9-27-47(42)50/h3-40H,1-2H3. The molecule has 0 bridgehead atoms. The molecule has 0 N–H and O–H groups in total. The number of para-hydroxylation sites is 1. The largest absolute Gasteiger partial charge is 0.278 e. The van der Waals surface area contributed by atoms with Crippen molar-refractivity contribution in [2.24, 2.45) is 0 Å². The molecule has 4 heteroatoms. The van der Waals surface area contributed by atoms with E-state index in [0.717, 1.165) is 38.7 Å². The molecule has 14 rings (SSSR count). The van der Waals surface area contributed by atoms with Crippen LogP contribution in [0, 0.1) is 0 Å². The molecule has 70 heavy (non-hydrogen) atoms. The molecule has 0 radical (unpaired) electrons. The minimum Gasteiger partial charge on any atom is -0.278 e. The highest BCUT2D eigenvalue weighted by Gasteiger charge is 2.36. The van der Waals surface area contributed by atoms with E-state index >= 15 is 0 Å². The van der Waals surface area contributed by atoms with E-state index in [2.05, 4.69) is 231 Å². The normalized spacial score (nSPS) is 12.8. The summed E-state index contributed by atoms with van der Waals surface area (Å²) in [5, 5.41) is 9.63. The van der Waals surface area contributed by atoms with Gasteiger partial charge in [0, 0.05) is 27.3 Å². The fourth-order valence-electron chi connectivity index (χ4n) is 11.5. The summed E-state index contributed by atoms with van der Waals surface area (Å²) in [6.45, 7) is 4.67. The van der Waals surface area contributed by atoms with E-state index in [1.807, 2.05) is 18.2 Å². The summed E-state index contributed by atoms with van der Waals surface area (Å²) >= 11 is 0. The summed E-state index contributed by atoms with van der Waals surface area (Å²) < 4.78 is 2.25. The molecular weight excluding hydrogens is 849 g/mol. The Morgan fingerprint density at radius 2 is 0.843 bits per heavy atom. The van der Waals surface area contributed by atoms with Gasteiger partial charge < -0.3 is 0 Å². The van der Waals surface area contributed by atoms with E-state index in [0.29, 0.717) is 17.6 Å². The zero-order valence-corrected chi connectivity index (χ0v) is 38.7. The van der Waals surface area contributed by atoms with Crippen LogP contribution in [0.2, 0.25) is 0 Å². The second-order valence-corrected chi connectivity index (χ2v) is 19.1. The molecule has 1 aliphatic carbocycles. The first kappa shape index (κ1) is 40.1. The molecular formula is C66H44N4. The number of nitrogens with zero attached hydrogens (tertiary/aromatic N) is 4. The van der Waals surface area contributed by atoms with Crippen LogP contribution in [0.4, 0.5) is 0 Å². The van der Waals surface area contributed by atoms with Gasteiger partial charge in [0.1, 0.15) is 0 Å². The van der Waals surface area contributed by atoms with Crippen LogP contribution in [0.15, 0.2) is 231 Å². The Morgan fingerprint density at radius 3 is 1.63 bits per heavy atom. The Balaban J connectivity index is 0.999. The van der Waals surface area contributed by atoms with Gasteiger partial charge in [0.25, 0.3) is 0 Å². The average molecular weight is 893 g/mol. The molecule has 0 unspecified atom stereocenters. The number of rotatable bonds is 6. The lowest BCUT2D eigenvalue weighted by atomic mass is 9.82. The van der Waals surface area contributed by atoms with E-state index in [1.54, 1.807) is 0 Å². The lowest BCUT2D eigenvalue weighted by Crippen LogP contribution is -2.15. The van der Waals surface area contributed by atoms with Crippen molar-refractivity contribution in [2.45, 2.75) is 19.3 Å². The lowest BCUT2D eigenvalue weighted by molar-refractivity contribution is 0.661. The Labute approximate surface area is 405 Å². The fourth-order valence-corrected chi connectivity index (χ4v) is 11.5. The van der Waals surface area contributed by atoms with Crippen molar-refractivity contribution in [3.63, 3.8) is 0 Å². The quantitative estimate of drug-likeness (QED) is 0.167. The smallest absolute Gasteiger partial charge is 0.238 e. The molecule has 2 heterocycles. The third-order valence-electron chi connectivity index (χ3n) is 14.9. The number of hydrogen-bond donors (Lipinski definition) is 0. The molecule has 2 aromatic heterocycles. The van der Waals surface area contributed by atoms with Crippen molar-refractivity contribution >= 4 is 54.1 Å². The van der Waals surface area contributed by atoms with Gasteiger partial charge in [-0.3, -0.25) is 4.57 Å². The Hall–Kier alpha value is -8.99. The summed E-state index contributed by atoms with van der Waals surface area (Å²) in [5.41, 5.74) is 16.1. The highest BCUT2D eigenvalue weighted by Crippen LogP contribution is 2.51. The SMILES string of the molecule is CC1(C)c2ccccc2-c2cc3c4ccccc4n(-c4nc(-c5ccccc5)nc(-c5cccc(-c6cccc7c(-c8cccc9ccccc89)ccc(-c8cccc9ccccc89)c67)c5)n4)c3cc21. The maximum Gasteiger partial charge on any atom is 0.238 e. The number of fused-ring (bicyclic) bond motifs is 9. The molecule has 328 valence electrons. The van der Waals surface area contributed by atoms with Gasteiger partial charge >= 0.3 is 0 Å². The van der Waals surface area contributed by atoms with Crippen molar-refractivity contribution in [3.05, 3.63) is 242 Å². The molecule has 13 aromatic rings. The van der Waals surface area contributed by atoms with Gasteiger partial charge in [-0.15, -0.1) is 0 Å². The van der Waals surface area contributed by atoms with Crippen molar-refractivity contribution in [1.82, 2.24) is 19.5 Å². The summed E-state index contributed by atoms with van der Waals surface area (Å²) in [5.74, 6) is 1.81. The summed E-state index contributed by atoms with van der Waals surface area (Å²) in [7, 11) is 0. The monoisotopic (exact) mass is 892 g/mol. The van der Waals surface area contributed by atoms with Crippen molar-refractivity contribution in [1.29, 1.82) is 0 Å². The van der Waals surface area contributed by atoms with Gasteiger partial charge in [-0.1, -0.05) is 220 Å². The minimum atomic E-state index is -0.175. The predicted molar refractivity (Wildman–Crippen MR) is 291 cm³/mol. The van der Waals surface area contributed by atoms with Crippen LogP contribution in [0.3, 0.4) is 0 Å². The van der Waals surface area contributed by atoms with E-state index in [4.69, 9.17) is 15.0 Å². The topological polar surface area (TPSA) is 43.6 Å². The first-order chi connectivity index (χ1) is 34.5. The molecule has 0 amide bonds. The zero-order chi connectivity index (χ0) is 46.5. The molecule has 0 spiro atoms. The minimum absolute atomic E-state index is 0.175. The second-order valence-electron chi connectivity index (χ2n) is 19.1. The van der Waals surface area contributed by atoms with E-state index in [1.165, 1.54) is 82.2 Å². The van der Waals surface area contributed by atoms with Crippen molar-refractivity contribution in [2.75, 3.05) is 0 Å². The van der Waals surface area contributed by atoms with Gasteiger partial charge in [-0.2, -0.15) is 9.97 Å². The highest BCUT2D eigenvalue weighted by atomic mass is 15.2. The molecule has 0 aliphatic heterocycles. The second kappa shape index (κ2) is 15.5. The van der Waals surface area contributed by atoms with Crippen LogP contribution < -0.4 is 0 Å². The van der Waals surface area contributed by atoms with Gasteiger partial charge in [0.15, 0.2) is 11.6 Å². The van der Waals surface area contributed by atoms with Gasteiger partial charge in [0.2, 0.25) is 5.95 Å². The summed E-state index contributed by atoms with van der Waals surface area (Å²) in [4.78, 5) is 16.1. The maximum atomic E-state index is 5.46. The highest BCUT2D eigenvalue weighted by molar-refractivity contribution is 6.17.